The minimum atomic E-state index is -0.0243. The Kier molecular flexibility index (Phi) is 3.50. The molecule has 2 aromatic carbocycles. The van der Waals surface area contributed by atoms with Crippen molar-refractivity contribution in [1.29, 1.82) is 5.26 Å². The van der Waals surface area contributed by atoms with Gasteiger partial charge < -0.3 is 9.47 Å². The summed E-state index contributed by atoms with van der Waals surface area (Å²) in [5.74, 6) is 1.54. The molecule has 4 nitrogen and oxygen atoms in total. The van der Waals surface area contributed by atoms with Crippen LogP contribution in [0.1, 0.15) is 51.6 Å². The van der Waals surface area contributed by atoms with Gasteiger partial charge in [-0.15, -0.1) is 0 Å². The summed E-state index contributed by atoms with van der Waals surface area (Å²) in [6.07, 6.45) is 2.21. The fourth-order valence-corrected chi connectivity index (χ4v) is 3.51. The molecule has 4 rings (SSSR count). The zero-order valence-corrected chi connectivity index (χ0v) is 13.5. The zero-order chi connectivity index (χ0) is 16.7. The molecule has 0 saturated carbocycles. The van der Waals surface area contributed by atoms with Gasteiger partial charge in [-0.3, -0.25) is 4.79 Å². The summed E-state index contributed by atoms with van der Waals surface area (Å²) in [5.41, 5.74) is 4.54. The van der Waals surface area contributed by atoms with Crippen LogP contribution in [0.15, 0.2) is 30.3 Å². The lowest BCUT2D eigenvalue weighted by Gasteiger charge is -2.22. The van der Waals surface area contributed by atoms with Gasteiger partial charge in [-0.25, -0.2) is 0 Å². The second-order valence-electron chi connectivity index (χ2n) is 6.26. The van der Waals surface area contributed by atoms with Gasteiger partial charge in [-0.05, 0) is 55.2 Å². The molecule has 2 aliphatic rings. The molecule has 1 atom stereocenters. The second-order valence-corrected chi connectivity index (χ2v) is 6.26. The van der Waals surface area contributed by atoms with E-state index >= 15 is 0 Å². The number of ketones is 1. The van der Waals surface area contributed by atoms with Crippen molar-refractivity contribution in [2.45, 2.75) is 32.3 Å². The Morgan fingerprint density at radius 1 is 1.25 bits per heavy atom. The molecule has 4 heteroatoms. The Bertz CT molecular complexity index is 879. The van der Waals surface area contributed by atoms with Crippen LogP contribution in [-0.2, 0) is 6.42 Å². The molecule has 0 fully saturated rings. The average Bonchev–Trinajstić information content (AvgIpc) is 3.00. The highest BCUT2D eigenvalue weighted by atomic mass is 16.5. The molecule has 0 amide bonds. The minimum Gasteiger partial charge on any atom is -0.492 e. The normalized spacial score (nSPS) is 18.3. The molecule has 0 unspecified atom stereocenters. The number of hydrogen-bond donors (Lipinski definition) is 0. The van der Waals surface area contributed by atoms with Crippen molar-refractivity contribution in [3.63, 3.8) is 0 Å². The fourth-order valence-electron chi connectivity index (χ4n) is 3.51. The quantitative estimate of drug-likeness (QED) is 0.842. The smallest absolute Gasteiger partial charge is 0.170 e. The molecule has 2 aromatic rings. The van der Waals surface area contributed by atoms with Crippen molar-refractivity contribution in [3.8, 4) is 17.6 Å². The van der Waals surface area contributed by atoms with Gasteiger partial charge in [0.25, 0.3) is 0 Å². The number of nitrogens with zero attached hydrogens (tertiary/aromatic N) is 1. The average molecular weight is 319 g/mol. The second kappa shape index (κ2) is 5.68. The van der Waals surface area contributed by atoms with Crippen LogP contribution in [0.4, 0.5) is 0 Å². The first-order valence-corrected chi connectivity index (χ1v) is 8.16. The molecule has 1 aliphatic carbocycles. The Morgan fingerprint density at radius 2 is 2.12 bits per heavy atom. The van der Waals surface area contributed by atoms with Crippen LogP contribution in [-0.4, -0.2) is 12.4 Å². The van der Waals surface area contributed by atoms with Crippen LogP contribution in [0.25, 0.3) is 0 Å². The van der Waals surface area contributed by atoms with Crippen LogP contribution in [0, 0.1) is 18.3 Å². The number of aryl methyl sites for hydroxylation is 1. The van der Waals surface area contributed by atoms with Crippen molar-refractivity contribution in [2.75, 3.05) is 6.61 Å². The highest BCUT2D eigenvalue weighted by molar-refractivity contribution is 6.00. The van der Waals surface area contributed by atoms with Crippen molar-refractivity contribution < 1.29 is 14.3 Å². The predicted molar refractivity (Wildman–Crippen MR) is 88.5 cm³/mol. The van der Waals surface area contributed by atoms with E-state index < -0.39 is 0 Å². The van der Waals surface area contributed by atoms with E-state index in [0.717, 1.165) is 29.7 Å². The van der Waals surface area contributed by atoms with Crippen molar-refractivity contribution in [1.82, 2.24) is 0 Å². The largest absolute Gasteiger partial charge is 0.492 e. The third-order valence-corrected chi connectivity index (χ3v) is 4.80. The number of hydrogen-bond acceptors (Lipinski definition) is 4. The zero-order valence-electron chi connectivity index (χ0n) is 13.5. The van der Waals surface area contributed by atoms with Gasteiger partial charge in [0, 0.05) is 12.0 Å². The van der Waals surface area contributed by atoms with Gasteiger partial charge in [0.05, 0.1) is 23.8 Å². The Morgan fingerprint density at radius 3 is 2.96 bits per heavy atom. The maximum atomic E-state index is 12.0. The van der Waals surface area contributed by atoms with E-state index in [1.165, 1.54) is 5.56 Å². The maximum Gasteiger partial charge on any atom is 0.170 e. The molecular formula is C20H17NO3. The van der Waals surface area contributed by atoms with E-state index in [9.17, 15) is 4.79 Å². The fraction of sp³-hybridized carbons (Fsp3) is 0.300. The third kappa shape index (κ3) is 2.33. The van der Waals surface area contributed by atoms with E-state index in [1.54, 1.807) is 6.07 Å². The number of Topliss-reactive ketones (excluding diaryl/α,β-unsaturated/α-hetero) is 1. The third-order valence-electron chi connectivity index (χ3n) is 4.80. The first-order chi connectivity index (χ1) is 11.7. The Hall–Kier alpha value is -2.80. The summed E-state index contributed by atoms with van der Waals surface area (Å²) in [4.78, 5) is 12.0. The van der Waals surface area contributed by atoms with E-state index in [0.29, 0.717) is 29.9 Å². The lowest BCUT2D eigenvalue weighted by molar-refractivity contribution is 0.0932. The molecule has 0 N–H and O–H groups in total. The van der Waals surface area contributed by atoms with Crippen molar-refractivity contribution >= 4 is 5.78 Å². The van der Waals surface area contributed by atoms with Gasteiger partial charge >= 0.3 is 0 Å². The lowest BCUT2D eigenvalue weighted by atomic mass is 10.0. The highest BCUT2D eigenvalue weighted by Crippen LogP contribution is 2.40. The molecule has 0 saturated heterocycles. The molecule has 120 valence electrons. The topological polar surface area (TPSA) is 59.3 Å². The summed E-state index contributed by atoms with van der Waals surface area (Å²) in [6.45, 7) is 2.36. The van der Waals surface area contributed by atoms with E-state index in [-0.39, 0.29) is 11.9 Å². The molecule has 0 spiro atoms. The number of benzene rings is 2. The number of carbonyl (C=O) groups is 1. The number of rotatable bonds is 2. The first kappa shape index (κ1) is 14.8. The molecule has 0 aromatic heterocycles. The molecule has 0 radical (unpaired) electrons. The summed E-state index contributed by atoms with van der Waals surface area (Å²) >= 11 is 0. The molecule has 1 aliphatic heterocycles. The van der Waals surface area contributed by atoms with Gasteiger partial charge in [-0.2, -0.15) is 5.26 Å². The minimum absolute atomic E-state index is 0.0243. The van der Waals surface area contributed by atoms with Gasteiger partial charge in [0.15, 0.2) is 5.78 Å². The number of ether oxygens (including phenoxy) is 2. The summed E-state index contributed by atoms with van der Waals surface area (Å²) in [6, 6.07) is 11.6. The van der Waals surface area contributed by atoms with E-state index in [2.05, 4.69) is 6.07 Å². The van der Waals surface area contributed by atoms with Crippen LogP contribution in [0.2, 0.25) is 0 Å². The Labute approximate surface area is 140 Å². The van der Waals surface area contributed by atoms with E-state index in [1.807, 2.05) is 31.2 Å². The van der Waals surface area contributed by atoms with Crippen molar-refractivity contribution in [2.24, 2.45) is 0 Å². The summed E-state index contributed by atoms with van der Waals surface area (Å²) in [5, 5.41) is 9.02. The highest BCUT2D eigenvalue weighted by Gasteiger charge is 2.27. The number of carbonyl (C=O) groups excluding carboxylic acids is 1. The van der Waals surface area contributed by atoms with Gasteiger partial charge in [0.2, 0.25) is 0 Å². The molecule has 0 bridgehead atoms. The maximum absolute atomic E-state index is 12.0. The van der Waals surface area contributed by atoms with Crippen LogP contribution < -0.4 is 9.47 Å². The van der Waals surface area contributed by atoms with Gasteiger partial charge in [-0.1, -0.05) is 6.07 Å². The number of fused-ring (bicyclic) bond motifs is 2. The first-order valence-electron chi connectivity index (χ1n) is 8.16. The molecular weight excluding hydrogens is 302 g/mol. The van der Waals surface area contributed by atoms with Crippen LogP contribution in [0.5, 0.6) is 11.5 Å². The summed E-state index contributed by atoms with van der Waals surface area (Å²) < 4.78 is 11.9. The predicted octanol–water partition coefficient (Wildman–Crippen LogP) is 3.90. The lowest BCUT2D eigenvalue weighted by Crippen LogP contribution is -2.16. The van der Waals surface area contributed by atoms with Gasteiger partial charge in [0.1, 0.15) is 17.6 Å². The number of nitriles is 1. The van der Waals surface area contributed by atoms with Crippen molar-refractivity contribution in [3.05, 3.63) is 58.1 Å². The SMILES string of the molecule is Cc1c(O[C@H]2CCc3cc(C#N)ccc32)ccc2c1OCCC2=O. The summed E-state index contributed by atoms with van der Waals surface area (Å²) in [7, 11) is 0. The van der Waals surface area contributed by atoms with E-state index in [4.69, 9.17) is 14.7 Å². The Balaban J connectivity index is 1.64. The monoisotopic (exact) mass is 319 g/mol. The van der Waals surface area contributed by atoms with Crippen LogP contribution in [0.3, 0.4) is 0 Å². The van der Waals surface area contributed by atoms with Crippen LogP contribution >= 0.6 is 0 Å². The standard InChI is InChI=1S/C20H17NO3/c1-12-18(7-5-16-17(22)8-9-23-20(12)16)24-19-6-3-14-10-13(11-21)2-4-15(14)19/h2,4-5,7,10,19H,3,6,8-9H2,1H3/t19-/m0/s1. The molecule has 1 heterocycles. The molecule has 24 heavy (non-hydrogen) atoms.